The van der Waals surface area contributed by atoms with Crippen molar-refractivity contribution in [2.24, 2.45) is 5.73 Å². The summed E-state index contributed by atoms with van der Waals surface area (Å²) in [5, 5.41) is 11.4. The fraction of sp³-hybridized carbons (Fsp3) is 0.111. The van der Waals surface area contributed by atoms with E-state index in [0.29, 0.717) is 11.6 Å². The molecule has 0 atom stereocenters. The van der Waals surface area contributed by atoms with Crippen molar-refractivity contribution in [3.8, 4) is 5.95 Å². The molecule has 2 rings (SSSR count). The van der Waals surface area contributed by atoms with Gasteiger partial charge in [-0.3, -0.25) is 5.41 Å². The first-order valence-electron chi connectivity index (χ1n) is 4.47. The minimum atomic E-state index is -0.0852. The second-order valence-electron chi connectivity index (χ2n) is 3.21. The Labute approximate surface area is 100 Å². The summed E-state index contributed by atoms with van der Waals surface area (Å²) in [4.78, 5) is 8.35. The molecule has 0 saturated heterocycles. The lowest BCUT2D eigenvalue weighted by Gasteiger charge is -2.03. The summed E-state index contributed by atoms with van der Waals surface area (Å²) >= 11 is 3.29. The monoisotopic (exact) mass is 280 g/mol. The number of hydrogen-bond acceptors (Lipinski definition) is 4. The Bertz CT molecular complexity index is 547. The number of halogens is 1. The van der Waals surface area contributed by atoms with Crippen LogP contribution in [0.1, 0.15) is 11.4 Å². The first-order chi connectivity index (χ1) is 7.56. The fourth-order valence-electron chi connectivity index (χ4n) is 1.20. The van der Waals surface area contributed by atoms with Crippen LogP contribution in [-0.2, 0) is 0 Å². The van der Waals surface area contributed by atoms with E-state index >= 15 is 0 Å². The van der Waals surface area contributed by atoms with Crippen LogP contribution in [0.4, 0.5) is 0 Å². The quantitative estimate of drug-likeness (QED) is 0.634. The molecule has 3 N–H and O–H groups in total. The number of hydrogen-bond donors (Lipinski definition) is 2. The van der Waals surface area contributed by atoms with Crippen molar-refractivity contribution in [1.82, 2.24) is 19.7 Å². The molecule has 6 nitrogen and oxygen atoms in total. The average Bonchev–Trinajstić information content (AvgIpc) is 2.64. The van der Waals surface area contributed by atoms with Crippen LogP contribution >= 0.6 is 15.9 Å². The Morgan fingerprint density at radius 2 is 2.25 bits per heavy atom. The van der Waals surface area contributed by atoms with E-state index in [0.717, 1.165) is 10.2 Å². The van der Waals surface area contributed by atoms with Gasteiger partial charge in [-0.2, -0.15) is 5.10 Å². The van der Waals surface area contributed by atoms with Gasteiger partial charge in [0.05, 0.1) is 10.7 Å². The molecule has 0 saturated carbocycles. The summed E-state index contributed by atoms with van der Waals surface area (Å²) in [5.41, 5.74) is 6.52. The van der Waals surface area contributed by atoms with Gasteiger partial charge in [-0.1, -0.05) is 0 Å². The Kier molecular flexibility index (Phi) is 2.69. The normalized spacial score (nSPS) is 10.4. The topological polar surface area (TPSA) is 93.5 Å². The summed E-state index contributed by atoms with van der Waals surface area (Å²) in [6.45, 7) is 1.82. The Hall–Kier alpha value is -1.76. The number of aromatic nitrogens is 4. The summed E-state index contributed by atoms with van der Waals surface area (Å²) in [6, 6.07) is 1.66. The van der Waals surface area contributed by atoms with E-state index in [2.05, 4.69) is 31.0 Å². The molecule has 0 spiro atoms. The predicted molar refractivity (Wildman–Crippen MR) is 62.6 cm³/mol. The second-order valence-corrected chi connectivity index (χ2v) is 4.13. The zero-order valence-corrected chi connectivity index (χ0v) is 10.1. The van der Waals surface area contributed by atoms with E-state index in [-0.39, 0.29) is 5.84 Å². The summed E-state index contributed by atoms with van der Waals surface area (Å²) in [5.74, 6) is 0.314. The third kappa shape index (κ3) is 2.08. The highest BCUT2D eigenvalue weighted by Gasteiger charge is 2.07. The van der Waals surface area contributed by atoms with Crippen LogP contribution in [-0.4, -0.2) is 25.6 Å². The maximum absolute atomic E-state index is 7.34. The fourth-order valence-corrected chi connectivity index (χ4v) is 1.49. The van der Waals surface area contributed by atoms with Crippen molar-refractivity contribution in [1.29, 1.82) is 5.41 Å². The van der Waals surface area contributed by atoms with E-state index in [1.807, 2.05) is 6.92 Å². The highest BCUT2D eigenvalue weighted by atomic mass is 79.9. The molecular weight excluding hydrogens is 272 g/mol. The molecule has 0 aromatic carbocycles. The predicted octanol–water partition coefficient (Wildman–Crippen LogP) is 1.02. The van der Waals surface area contributed by atoms with Crippen molar-refractivity contribution in [2.75, 3.05) is 0 Å². The molecular formula is C9H9BrN6. The van der Waals surface area contributed by atoms with Crippen molar-refractivity contribution in [2.45, 2.75) is 6.92 Å². The van der Waals surface area contributed by atoms with Crippen LogP contribution in [0.5, 0.6) is 0 Å². The van der Waals surface area contributed by atoms with Crippen LogP contribution in [0.2, 0.25) is 0 Å². The molecule has 0 aliphatic heterocycles. The first-order valence-corrected chi connectivity index (χ1v) is 5.26. The van der Waals surface area contributed by atoms with Gasteiger partial charge in [-0.25, -0.2) is 14.6 Å². The molecule has 16 heavy (non-hydrogen) atoms. The Morgan fingerprint density at radius 1 is 1.50 bits per heavy atom. The highest BCUT2D eigenvalue weighted by molar-refractivity contribution is 9.10. The molecule has 0 unspecified atom stereocenters. The molecule has 2 heterocycles. The van der Waals surface area contributed by atoms with Crippen molar-refractivity contribution < 1.29 is 0 Å². The van der Waals surface area contributed by atoms with Crippen molar-refractivity contribution in [3.05, 3.63) is 34.3 Å². The third-order valence-corrected chi connectivity index (χ3v) is 2.28. The molecule has 2 aromatic heterocycles. The lowest BCUT2D eigenvalue weighted by atomic mass is 10.3. The maximum atomic E-state index is 7.34. The van der Waals surface area contributed by atoms with E-state index in [1.54, 1.807) is 18.5 Å². The van der Waals surface area contributed by atoms with Gasteiger partial charge in [0, 0.05) is 11.9 Å². The first kappa shape index (κ1) is 10.7. The van der Waals surface area contributed by atoms with E-state index in [1.165, 1.54) is 4.68 Å². The third-order valence-electron chi connectivity index (χ3n) is 1.87. The molecule has 0 amide bonds. The largest absolute Gasteiger partial charge is 0.382 e. The van der Waals surface area contributed by atoms with E-state index < -0.39 is 0 Å². The number of nitrogens with one attached hydrogen (secondary N) is 1. The van der Waals surface area contributed by atoms with Gasteiger partial charge in [-0.05, 0) is 28.9 Å². The number of nitrogens with two attached hydrogens (primary N) is 1. The number of nitrogen functional groups attached to an aromatic ring is 1. The molecule has 0 aliphatic rings. The van der Waals surface area contributed by atoms with Gasteiger partial charge in [0.1, 0.15) is 11.5 Å². The van der Waals surface area contributed by atoms with Crippen molar-refractivity contribution in [3.63, 3.8) is 0 Å². The van der Waals surface area contributed by atoms with Crippen LogP contribution in [0.25, 0.3) is 5.95 Å². The van der Waals surface area contributed by atoms with Crippen LogP contribution < -0.4 is 5.73 Å². The minimum Gasteiger partial charge on any atom is -0.382 e. The highest BCUT2D eigenvalue weighted by Crippen LogP contribution is 2.10. The zero-order valence-electron chi connectivity index (χ0n) is 8.48. The summed E-state index contributed by atoms with van der Waals surface area (Å²) in [7, 11) is 0. The minimum absolute atomic E-state index is 0.0852. The van der Waals surface area contributed by atoms with Crippen LogP contribution in [0.15, 0.2) is 22.9 Å². The number of nitrogens with zero attached hydrogens (tertiary/aromatic N) is 4. The molecule has 0 bridgehead atoms. The zero-order chi connectivity index (χ0) is 11.7. The van der Waals surface area contributed by atoms with Gasteiger partial charge in [-0.15, -0.1) is 0 Å². The summed E-state index contributed by atoms with van der Waals surface area (Å²) < 4.78 is 2.35. The van der Waals surface area contributed by atoms with Gasteiger partial charge in [0.25, 0.3) is 5.95 Å². The molecule has 0 radical (unpaired) electrons. The van der Waals surface area contributed by atoms with Gasteiger partial charge in [0.2, 0.25) is 0 Å². The number of amidine groups is 1. The van der Waals surface area contributed by atoms with Crippen LogP contribution in [0, 0.1) is 12.3 Å². The second kappa shape index (κ2) is 4.01. The van der Waals surface area contributed by atoms with E-state index in [4.69, 9.17) is 11.1 Å². The molecule has 2 aromatic rings. The average molecular weight is 281 g/mol. The summed E-state index contributed by atoms with van der Waals surface area (Å²) in [6.07, 6.45) is 3.37. The van der Waals surface area contributed by atoms with Crippen LogP contribution in [0.3, 0.4) is 0 Å². The molecule has 0 aliphatic carbocycles. The SMILES string of the molecule is Cc1cc(C(=N)N)nc(-n2cc(Br)cn2)n1. The lowest BCUT2D eigenvalue weighted by Crippen LogP contribution is -2.16. The molecule has 7 heteroatoms. The Morgan fingerprint density at radius 3 is 2.81 bits per heavy atom. The lowest BCUT2D eigenvalue weighted by molar-refractivity contribution is 0.798. The van der Waals surface area contributed by atoms with Gasteiger partial charge >= 0.3 is 0 Å². The molecule has 0 fully saturated rings. The maximum Gasteiger partial charge on any atom is 0.251 e. The molecule has 82 valence electrons. The van der Waals surface area contributed by atoms with Gasteiger partial charge < -0.3 is 5.73 Å². The van der Waals surface area contributed by atoms with E-state index in [9.17, 15) is 0 Å². The van der Waals surface area contributed by atoms with Gasteiger partial charge in [0.15, 0.2) is 0 Å². The Balaban J connectivity index is 2.53. The number of rotatable bonds is 2. The van der Waals surface area contributed by atoms with Crippen molar-refractivity contribution >= 4 is 21.8 Å². The number of aryl methyl sites for hydroxylation is 1. The standard InChI is InChI=1S/C9H9BrN6/c1-5-2-7(8(11)12)15-9(14-5)16-4-6(10)3-13-16/h2-4H,1H3,(H3,11,12). The smallest absolute Gasteiger partial charge is 0.251 e.